The molecule has 3 rings (SSSR count). The van der Waals surface area contributed by atoms with Gasteiger partial charge in [-0.25, -0.2) is 4.98 Å². The van der Waals surface area contributed by atoms with Crippen LogP contribution in [-0.2, 0) is 12.6 Å². The van der Waals surface area contributed by atoms with E-state index < -0.39 is 11.7 Å². The first kappa shape index (κ1) is 14.0. The zero-order valence-corrected chi connectivity index (χ0v) is 11.6. The molecule has 3 nitrogen and oxygen atoms in total. The summed E-state index contributed by atoms with van der Waals surface area (Å²) >= 11 is 0. The Morgan fingerprint density at radius 2 is 2.10 bits per heavy atom. The molecule has 0 aliphatic carbocycles. The first-order chi connectivity index (χ1) is 9.88. The molecule has 1 aromatic heterocycles. The molecule has 0 fully saturated rings. The Hall–Kier alpha value is -1.98. The van der Waals surface area contributed by atoms with E-state index in [9.17, 15) is 13.2 Å². The zero-order chi connectivity index (χ0) is 15.2. The fourth-order valence-electron chi connectivity index (χ4n) is 2.90. The van der Waals surface area contributed by atoms with Crippen molar-refractivity contribution in [2.24, 2.45) is 0 Å². The number of anilines is 1. The lowest BCUT2D eigenvalue weighted by Gasteiger charge is -2.22. The summed E-state index contributed by atoms with van der Waals surface area (Å²) in [5, 5.41) is 0. The maximum Gasteiger partial charge on any atom is 0.416 e. The van der Waals surface area contributed by atoms with Gasteiger partial charge >= 0.3 is 6.18 Å². The van der Waals surface area contributed by atoms with Gasteiger partial charge in [-0.2, -0.15) is 13.2 Å². The number of aromatic nitrogens is 2. The number of aryl methyl sites for hydroxylation is 1. The van der Waals surface area contributed by atoms with E-state index >= 15 is 0 Å². The van der Waals surface area contributed by atoms with Gasteiger partial charge in [0.05, 0.1) is 5.56 Å². The molecule has 0 saturated carbocycles. The van der Waals surface area contributed by atoms with E-state index in [1.54, 1.807) is 6.07 Å². The van der Waals surface area contributed by atoms with Gasteiger partial charge in [-0.3, -0.25) is 0 Å². The summed E-state index contributed by atoms with van der Waals surface area (Å²) in [6, 6.07) is 5.40. The maximum absolute atomic E-state index is 12.8. The predicted molar refractivity (Wildman–Crippen MR) is 74.7 cm³/mol. The van der Waals surface area contributed by atoms with Crippen molar-refractivity contribution in [2.75, 3.05) is 5.73 Å². The van der Waals surface area contributed by atoms with Crippen LogP contribution in [0.25, 0.3) is 11.3 Å². The fraction of sp³-hybridized carbons (Fsp3) is 0.400. The molecule has 0 bridgehead atoms. The zero-order valence-electron chi connectivity index (χ0n) is 11.6. The van der Waals surface area contributed by atoms with Gasteiger partial charge in [-0.15, -0.1) is 0 Å². The molecule has 1 aromatic carbocycles. The second-order valence-corrected chi connectivity index (χ2v) is 5.45. The Morgan fingerprint density at radius 3 is 2.76 bits per heavy atom. The number of nitrogens with two attached hydrogens (primary N) is 1. The van der Waals surface area contributed by atoms with Crippen molar-refractivity contribution in [3.05, 3.63) is 35.7 Å². The molecule has 0 radical (unpaired) electrons. The highest BCUT2D eigenvalue weighted by Gasteiger charge is 2.31. The molecule has 1 aliphatic rings. The van der Waals surface area contributed by atoms with Crippen LogP contribution < -0.4 is 5.73 Å². The minimum atomic E-state index is -4.36. The molecular weight excluding hydrogens is 279 g/mol. The highest BCUT2D eigenvalue weighted by molar-refractivity contribution is 5.72. The van der Waals surface area contributed by atoms with Gasteiger partial charge in [0.2, 0.25) is 0 Å². The van der Waals surface area contributed by atoms with E-state index in [1.165, 1.54) is 6.07 Å². The molecule has 2 aromatic rings. The molecule has 6 heteroatoms. The summed E-state index contributed by atoms with van der Waals surface area (Å²) < 4.78 is 40.4. The topological polar surface area (TPSA) is 43.8 Å². The summed E-state index contributed by atoms with van der Waals surface area (Å²) in [7, 11) is 0. The quantitative estimate of drug-likeness (QED) is 0.862. The van der Waals surface area contributed by atoms with Gasteiger partial charge in [-0.1, -0.05) is 12.1 Å². The normalized spacial score (nSPS) is 18.6. The molecule has 21 heavy (non-hydrogen) atoms. The van der Waals surface area contributed by atoms with Crippen molar-refractivity contribution in [1.29, 1.82) is 0 Å². The van der Waals surface area contributed by atoms with Crippen molar-refractivity contribution < 1.29 is 13.2 Å². The lowest BCUT2D eigenvalue weighted by molar-refractivity contribution is -0.137. The predicted octanol–water partition coefficient (Wildman–Crippen LogP) is 4.05. The van der Waals surface area contributed by atoms with Crippen molar-refractivity contribution in [3.8, 4) is 11.3 Å². The number of rotatable bonds is 1. The largest absolute Gasteiger partial charge is 0.416 e. The average Bonchev–Trinajstić information content (AvgIpc) is 2.77. The molecule has 1 atom stereocenters. The summed E-state index contributed by atoms with van der Waals surface area (Å²) in [6.45, 7) is 2.05. The number of alkyl halides is 3. The Labute approximate surface area is 120 Å². The van der Waals surface area contributed by atoms with E-state index in [0.29, 0.717) is 17.1 Å². The molecular formula is C15H16F3N3. The number of nitrogen functional groups attached to an aromatic ring is 1. The Kier molecular flexibility index (Phi) is 3.19. The number of hydrogen-bond donors (Lipinski definition) is 1. The van der Waals surface area contributed by atoms with Gasteiger partial charge in [0.25, 0.3) is 0 Å². The summed E-state index contributed by atoms with van der Waals surface area (Å²) in [4.78, 5) is 4.46. The van der Waals surface area contributed by atoms with E-state index in [4.69, 9.17) is 5.73 Å². The third kappa shape index (κ3) is 2.39. The van der Waals surface area contributed by atoms with Crippen LogP contribution in [-0.4, -0.2) is 9.55 Å². The fourth-order valence-corrected chi connectivity index (χ4v) is 2.90. The van der Waals surface area contributed by atoms with Gasteiger partial charge in [-0.05, 0) is 31.9 Å². The number of fused-ring (bicyclic) bond motifs is 1. The van der Waals surface area contributed by atoms with Crippen LogP contribution in [0.4, 0.5) is 19.0 Å². The van der Waals surface area contributed by atoms with E-state index in [-0.39, 0.29) is 6.04 Å². The molecule has 2 heterocycles. The lowest BCUT2D eigenvalue weighted by Crippen LogP contribution is -2.16. The summed E-state index contributed by atoms with van der Waals surface area (Å²) in [5.41, 5.74) is 6.31. The smallest absolute Gasteiger partial charge is 0.383 e. The standard InChI is InChI=1S/C15H16F3N3/c1-9-4-2-7-12-20-13(14(19)21(9)12)10-5-3-6-11(8-10)15(16,17)18/h3,5-6,8-9H,2,4,7,19H2,1H3. The number of imidazole rings is 1. The van der Waals surface area contributed by atoms with Crippen LogP contribution in [0.3, 0.4) is 0 Å². The van der Waals surface area contributed by atoms with Crippen molar-refractivity contribution in [2.45, 2.75) is 38.4 Å². The molecule has 1 aliphatic heterocycles. The van der Waals surface area contributed by atoms with Crippen LogP contribution in [0.1, 0.15) is 37.2 Å². The highest BCUT2D eigenvalue weighted by Crippen LogP contribution is 2.36. The first-order valence-electron chi connectivity index (χ1n) is 6.92. The number of halogens is 3. The van der Waals surface area contributed by atoms with E-state index in [1.807, 2.05) is 4.57 Å². The Balaban J connectivity index is 2.10. The van der Waals surface area contributed by atoms with Crippen LogP contribution in [0.15, 0.2) is 24.3 Å². The van der Waals surface area contributed by atoms with Gasteiger partial charge in [0, 0.05) is 18.0 Å². The second kappa shape index (κ2) is 4.79. The molecule has 2 N–H and O–H groups in total. The minimum absolute atomic E-state index is 0.237. The van der Waals surface area contributed by atoms with Gasteiger partial charge in [0.1, 0.15) is 17.3 Å². The monoisotopic (exact) mass is 295 g/mol. The Morgan fingerprint density at radius 1 is 1.33 bits per heavy atom. The third-order valence-electron chi connectivity index (χ3n) is 3.95. The summed E-state index contributed by atoms with van der Waals surface area (Å²) in [6.07, 6.45) is -1.51. The van der Waals surface area contributed by atoms with Crippen LogP contribution in [0.5, 0.6) is 0 Å². The van der Waals surface area contributed by atoms with Crippen LogP contribution in [0.2, 0.25) is 0 Å². The first-order valence-corrected chi connectivity index (χ1v) is 6.92. The molecule has 112 valence electrons. The average molecular weight is 295 g/mol. The van der Waals surface area contributed by atoms with E-state index in [2.05, 4.69) is 11.9 Å². The number of nitrogens with zero attached hydrogens (tertiary/aromatic N) is 2. The van der Waals surface area contributed by atoms with E-state index in [0.717, 1.165) is 37.2 Å². The van der Waals surface area contributed by atoms with Crippen LogP contribution >= 0.6 is 0 Å². The third-order valence-corrected chi connectivity index (χ3v) is 3.95. The molecule has 0 saturated heterocycles. The number of benzene rings is 1. The van der Waals surface area contributed by atoms with Crippen LogP contribution in [0, 0.1) is 0 Å². The molecule has 1 unspecified atom stereocenters. The maximum atomic E-state index is 12.8. The number of hydrogen-bond acceptors (Lipinski definition) is 2. The molecule has 0 amide bonds. The summed E-state index contributed by atoms with van der Waals surface area (Å²) in [5.74, 6) is 1.31. The van der Waals surface area contributed by atoms with Gasteiger partial charge in [0.15, 0.2) is 0 Å². The SMILES string of the molecule is CC1CCCc2nc(-c3cccc(C(F)(F)F)c3)c(N)n21. The van der Waals surface area contributed by atoms with Gasteiger partial charge < -0.3 is 10.3 Å². The lowest BCUT2D eigenvalue weighted by atomic mass is 10.1. The minimum Gasteiger partial charge on any atom is -0.383 e. The second-order valence-electron chi connectivity index (χ2n) is 5.45. The Bertz CT molecular complexity index is 673. The molecule has 0 spiro atoms. The van der Waals surface area contributed by atoms with Crippen molar-refractivity contribution in [1.82, 2.24) is 9.55 Å². The van der Waals surface area contributed by atoms with Crippen molar-refractivity contribution >= 4 is 5.82 Å². The highest BCUT2D eigenvalue weighted by atomic mass is 19.4. The van der Waals surface area contributed by atoms with Crippen molar-refractivity contribution in [3.63, 3.8) is 0 Å².